The van der Waals surface area contributed by atoms with E-state index in [0.29, 0.717) is 22.8 Å². The lowest BCUT2D eigenvalue weighted by molar-refractivity contribution is 0.252. The molecule has 5 heteroatoms. The lowest BCUT2D eigenvalue weighted by atomic mass is 10.2. The van der Waals surface area contributed by atoms with Crippen LogP contribution in [0.3, 0.4) is 0 Å². The third kappa shape index (κ3) is 4.66. The van der Waals surface area contributed by atoms with Gasteiger partial charge in [0.1, 0.15) is 0 Å². The average Bonchev–Trinajstić information content (AvgIpc) is 2.37. The number of nitrogens with two attached hydrogens (primary N) is 1. The molecule has 1 aromatic carbocycles. The first-order valence-corrected chi connectivity index (χ1v) is 6.08. The molecule has 4 N–H and O–H groups in total. The molecule has 1 aromatic rings. The number of urea groups is 1. The number of halogens is 1. The Kier molecular flexibility index (Phi) is 6.06. The second kappa shape index (κ2) is 7.59. The third-order valence-electron chi connectivity index (χ3n) is 2.08. The Hall–Kier alpha value is -1.70. The van der Waals surface area contributed by atoms with Crippen molar-refractivity contribution in [3.63, 3.8) is 0 Å². The van der Waals surface area contributed by atoms with E-state index in [1.165, 1.54) is 0 Å². The maximum Gasteiger partial charge on any atom is 0.319 e. The van der Waals surface area contributed by atoms with E-state index in [9.17, 15) is 4.79 Å². The van der Waals surface area contributed by atoms with Crippen LogP contribution in [0.5, 0.6) is 0 Å². The SMILES string of the molecule is CCCNC(=O)Nc1ccc(Cl)c(C#CCN)c1. The molecule has 0 spiro atoms. The quantitative estimate of drug-likeness (QED) is 0.734. The number of hydrogen-bond acceptors (Lipinski definition) is 2. The van der Waals surface area contributed by atoms with E-state index in [2.05, 4.69) is 22.5 Å². The highest BCUT2D eigenvalue weighted by molar-refractivity contribution is 6.31. The Morgan fingerprint density at radius 3 is 2.94 bits per heavy atom. The second-order valence-corrected chi connectivity index (χ2v) is 3.99. The van der Waals surface area contributed by atoms with Crippen LogP contribution in [0.2, 0.25) is 5.02 Å². The number of hydrogen-bond donors (Lipinski definition) is 3. The monoisotopic (exact) mass is 265 g/mol. The fourth-order valence-electron chi connectivity index (χ4n) is 1.26. The summed E-state index contributed by atoms with van der Waals surface area (Å²) in [7, 11) is 0. The molecule has 0 bridgehead atoms. The van der Waals surface area contributed by atoms with Crippen LogP contribution in [-0.4, -0.2) is 19.1 Å². The first kappa shape index (κ1) is 14.4. The number of benzene rings is 1. The summed E-state index contributed by atoms with van der Waals surface area (Å²) < 4.78 is 0. The molecule has 0 aliphatic rings. The molecule has 4 nitrogen and oxygen atoms in total. The highest BCUT2D eigenvalue weighted by Gasteiger charge is 2.03. The zero-order valence-corrected chi connectivity index (χ0v) is 11.0. The van der Waals surface area contributed by atoms with E-state index in [0.717, 1.165) is 6.42 Å². The maximum atomic E-state index is 11.5. The third-order valence-corrected chi connectivity index (χ3v) is 2.41. The van der Waals surface area contributed by atoms with Crippen molar-refractivity contribution in [2.24, 2.45) is 5.73 Å². The summed E-state index contributed by atoms with van der Waals surface area (Å²) in [5, 5.41) is 5.97. The molecule has 0 unspecified atom stereocenters. The summed E-state index contributed by atoms with van der Waals surface area (Å²) in [5.41, 5.74) is 6.60. The van der Waals surface area contributed by atoms with Crippen molar-refractivity contribution in [3.05, 3.63) is 28.8 Å². The highest BCUT2D eigenvalue weighted by Crippen LogP contribution is 2.19. The van der Waals surface area contributed by atoms with Gasteiger partial charge in [0.05, 0.1) is 11.6 Å². The number of carbonyl (C=O) groups is 1. The Balaban J connectivity index is 2.75. The van der Waals surface area contributed by atoms with Crippen molar-refractivity contribution in [1.29, 1.82) is 0 Å². The normalized spacial score (nSPS) is 9.28. The Morgan fingerprint density at radius 2 is 2.28 bits per heavy atom. The van der Waals surface area contributed by atoms with Crippen LogP contribution in [0.1, 0.15) is 18.9 Å². The van der Waals surface area contributed by atoms with Crippen LogP contribution >= 0.6 is 11.6 Å². The van der Waals surface area contributed by atoms with Crippen LogP contribution in [0.4, 0.5) is 10.5 Å². The summed E-state index contributed by atoms with van der Waals surface area (Å²) in [6.45, 7) is 2.90. The number of carbonyl (C=O) groups excluding carboxylic acids is 1. The molecule has 96 valence electrons. The maximum absolute atomic E-state index is 11.5. The molecule has 0 fully saturated rings. The van der Waals surface area contributed by atoms with Gasteiger partial charge in [-0.05, 0) is 24.6 Å². The number of nitrogens with one attached hydrogen (secondary N) is 2. The van der Waals surface area contributed by atoms with Crippen molar-refractivity contribution in [2.45, 2.75) is 13.3 Å². The van der Waals surface area contributed by atoms with Crippen molar-refractivity contribution in [1.82, 2.24) is 5.32 Å². The molecule has 0 heterocycles. The summed E-state index contributed by atoms with van der Waals surface area (Å²) >= 11 is 5.98. The standard InChI is InChI=1S/C13H16ClN3O/c1-2-8-16-13(18)17-11-5-6-12(14)10(9-11)4-3-7-15/h5-6,9H,2,7-8,15H2,1H3,(H2,16,17,18). The van der Waals surface area contributed by atoms with Gasteiger partial charge in [0.25, 0.3) is 0 Å². The zero-order chi connectivity index (χ0) is 13.4. The minimum atomic E-state index is -0.239. The van der Waals surface area contributed by atoms with Crippen LogP contribution in [0.25, 0.3) is 0 Å². The lowest BCUT2D eigenvalue weighted by Gasteiger charge is -2.07. The molecule has 2 amide bonds. The first-order chi connectivity index (χ1) is 8.67. The smallest absolute Gasteiger partial charge is 0.319 e. The van der Waals surface area contributed by atoms with Crippen molar-refractivity contribution in [3.8, 4) is 11.8 Å². The molecule has 0 aliphatic carbocycles. The van der Waals surface area contributed by atoms with Gasteiger partial charge in [-0.25, -0.2) is 4.79 Å². The zero-order valence-electron chi connectivity index (χ0n) is 10.2. The molecule has 0 aliphatic heterocycles. The van der Waals surface area contributed by atoms with Crippen LogP contribution in [0.15, 0.2) is 18.2 Å². The summed E-state index contributed by atoms with van der Waals surface area (Å²) in [6.07, 6.45) is 0.890. The molecule has 0 atom stereocenters. The van der Waals surface area contributed by atoms with E-state index in [1.54, 1.807) is 18.2 Å². The van der Waals surface area contributed by atoms with Gasteiger partial charge in [0.2, 0.25) is 0 Å². The summed E-state index contributed by atoms with van der Waals surface area (Å²) in [6, 6.07) is 4.90. The molecule has 0 radical (unpaired) electrons. The summed E-state index contributed by atoms with van der Waals surface area (Å²) in [5.74, 6) is 5.58. The average molecular weight is 266 g/mol. The van der Waals surface area contributed by atoms with Crippen molar-refractivity contribution in [2.75, 3.05) is 18.4 Å². The van der Waals surface area contributed by atoms with E-state index >= 15 is 0 Å². The summed E-state index contributed by atoms with van der Waals surface area (Å²) in [4.78, 5) is 11.5. The van der Waals surface area contributed by atoms with Gasteiger partial charge in [-0.15, -0.1) is 0 Å². The van der Waals surface area contributed by atoms with Gasteiger partial charge in [-0.2, -0.15) is 0 Å². The van der Waals surface area contributed by atoms with E-state index in [1.807, 2.05) is 6.92 Å². The molecular formula is C13H16ClN3O. The number of amides is 2. The predicted octanol–water partition coefficient (Wildman–Crippen LogP) is 2.18. The Bertz CT molecular complexity index is 477. The minimum Gasteiger partial charge on any atom is -0.338 e. The molecule has 0 saturated carbocycles. The van der Waals surface area contributed by atoms with Gasteiger partial charge >= 0.3 is 6.03 Å². The van der Waals surface area contributed by atoms with Crippen LogP contribution in [-0.2, 0) is 0 Å². The predicted molar refractivity (Wildman–Crippen MR) is 74.7 cm³/mol. The molecule has 0 aromatic heterocycles. The lowest BCUT2D eigenvalue weighted by Crippen LogP contribution is -2.29. The van der Waals surface area contributed by atoms with E-state index in [4.69, 9.17) is 17.3 Å². The fourth-order valence-corrected chi connectivity index (χ4v) is 1.42. The molecule has 1 rings (SSSR count). The van der Waals surface area contributed by atoms with Gasteiger partial charge < -0.3 is 16.4 Å². The van der Waals surface area contributed by atoms with Crippen LogP contribution < -0.4 is 16.4 Å². The number of anilines is 1. The van der Waals surface area contributed by atoms with Gasteiger partial charge in [-0.3, -0.25) is 0 Å². The topological polar surface area (TPSA) is 67.2 Å². The molecular weight excluding hydrogens is 250 g/mol. The van der Waals surface area contributed by atoms with E-state index < -0.39 is 0 Å². The molecule has 0 saturated heterocycles. The largest absolute Gasteiger partial charge is 0.338 e. The Morgan fingerprint density at radius 1 is 1.50 bits per heavy atom. The number of rotatable bonds is 3. The van der Waals surface area contributed by atoms with Crippen LogP contribution in [0, 0.1) is 11.8 Å². The fraction of sp³-hybridized carbons (Fsp3) is 0.308. The first-order valence-electron chi connectivity index (χ1n) is 5.70. The van der Waals surface area contributed by atoms with Crippen molar-refractivity contribution >= 4 is 23.3 Å². The second-order valence-electron chi connectivity index (χ2n) is 3.58. The highest BCUT2D eigenvalue weighted by atomic mass is 35.5. The van der Waals surface area contributed by atoms with E-state index in [-0.39, 0.29) is 12.6 Å². The van der Waals surface area contributed by atoms with Gasteiger partial charge in [0, 0.05) is 17.8 Å². The van der Waals surface area contributed by atoms with Crippen molar-refractivity contribution < 1.29 is 4.79 Å². The Labute approximate surface area is 112 Å². The minimum absolute atomic E-state index is 0.239. The molecule has 18 heavy (non-hydrogen) atoms. The van der Waals surface area contributed by atoms with Gasteiger partial charge in [0.15, 0.2) is 0 Å². The van der Waals surface area contributed by atoms with Gasteiger partial charge in [-0.1, -0.05) is 30.4 Å².